The van der Waals surface area contributed by atoms with Gasteiger partial charge in [0.25, 0.3) is 15.9 Å². The molecule has 32 heavy (non-hydrogen) atoms. The zero-order valence-corrected chi connectivity index (χ0v) is 18.9. The van der Waals surface area contributed by atoms with E-state index < -0.39 is 28.7 Å². The van der Waals surface area contributed by atoms with Gasteiger partial charge in [0, 0.05) is 43.1 Å². The first-order valence-electron chi connectivity index (χ1n) is 9.55. The number of hydrogen-bond acceptors (Lipinski definition) is 5. The van der Waals surface area contributed by atoms with Gasteiger partial charge in [-0.3, -0.25) is 9.52 Å². The van der Waals surface area contributed by atoms with Crippen LogP contribution in [0.1, 0.15) is 10.4 Å². The third kappa shape index (κ3) is 7.01. The van der Waals surface area contributed by atoms with Gasteiger partial charge >= 0.3 is 6.18 Å². The number of anilines is 2. The van der Waals surface area contributed by atoms with Gasteiger partial charge in [-0.05, 0) is 55.6 Å². The van der Waals surface area contributed by atoms with Gasteiger partial charge < -0.3 is 15.1 Å². The maximum Gasteiger partial charge on any atom is 0.405 e. The third-order valence-electron chi connectivity index (χ3n) is 4.86. The molecular weight excluding hydrogens is 469 g/mol. The Morgan fingerprint density at radius 1 is 0.969 bits per heavy atom. The van der Waals surface area contributed by atoms with E-state index in [1.165, 1.54) is 12.1 Å². The number of benzene rings is 2. The maximum absolute atomic E-state index is 12.6. The lowest BCUT2D eigenvalue weighted by molar-refractivity contribution is -0.123. The molecule has 3 rings (SSSR count). The molecule has 2 aromatic carbocycles. The van der Waals surface area contributed by atoms with Gasteiger partial charge in [0.2, 0.25) is 0 Å². The molecule has 1 heterocycles. The SMILES string of the molecule is CN1CCN(c2ccc(NS(=O)(=O)c3ccc(C(=O)NCC(F)(F)F)cc3)cc2)CC1.Cl. The largest absolute Gasteiger partial charge is 0.405 e. The summed E-state index contributed by atoms with van der Waals surface area (Å²) < 4.78 is 64.2. The van der Waals surface area contributed by atoms with Crippen molar-refractivity contribution in [2.45, 2.75) is 11.1 Å². The minimum absolute atomic E-state index is 0. The summed E-state index contributed by atoms with van der Waals surface area (Å²) in [4.78, 5) is 16.1. The van der Waals surface area contributed by atoms with Crippen molar-refractivity contribution in [1.82, 2.24) is 10.2 Å². The number of nitrogens with one attached hydrogen (secondary N) is 2. The molecule has 0 spiro atoms. The summed E-state index contributed by atoms with van der Waals surface area (Å²) in [5.74, 6) is -0.936. The predicted molar refractivity (Wildman–Crippen MR) is 119 cm³/mol. The molecule has 1 fully saturated rings. The molecule has 1 aliphatic rings. The fourth-order valence-corrected chi connectivity index (χ4v) is 4.15. The molecule has 0 aliphatic carbocycles. The van der Waals surface area contributed by atoms with Crippen LogP contribution >= 0.6 is 12.4 Å². The van der Waals surface area contributed by atoms with Gasteiger partial charge in [0.05, 0.1) is 4.90 Å². The molecule has 2 aromatic rings. The molecular formula is C20H24ClF3N4O3S. The molecule has 0 bridgehead atoms. The number of nitrogens with zero attached hydrogens (tertiary/aromatic N) is 2. The molecule has 1 amide bonds. The molecule has 2 N–H and O–H groups in total. The van der Waals surface area contributed by atoms with Crippen LogP contribution in [0, 0.1) is 0 Å². The number of rotatable bonds is 6. The normalized spacial score (nSPS) is 15.1. The van der Waals surface area contributed by atoms with Crippen LogP contribution in [-0.4, -0.2) is 65.2 Å². The molecule has 12 heteroatoms. The molecule has 7 nitrogen and oxygen atoms in total. The quantitative estimate of drug-likeness (QED) is 0.648. The van der Waals surface area contributed by atoms with Gasteiger partial charge in [-0.1, -0.05) is 0 Å². The average Bonchev–Trinajstić information content (AvgIpc) is 2.72. The number of piperazine rings is 1. The van der Waals surface area contributed by atoms with E-state index in [1.807, 2.05) is 12.1 Å². The van der Waals surface area contributed by atoms with Crippen LogP contribution in [0.25, 0.3) is 0 Å². The molecule has 0 radical (unpaired) electrons. The number of amides is 1. The highest BCUT2D eigenvalue weighted by Crippen LogP contribution is 2.22. The van der Waals surface area contributed by atoms with Crippen LogP contribution < -0.4 is 14.9 Å². The Kier molecular flexibility index (Phi) is 8.38. The van der Waals surface area contributed by atoms with Crippen LogP contribution in [-0.2, 0) is 10.0 Å². The lowest BCUT2D eigenvalue weighted by atomic mass is 10.2. The van der Waals surface area contributed by atoms with Crippen molar-refractivity contribution < 1.29 is 26.4 Å². The Morgan fingerprint density at radius 3 is 2.06 bits per heavy atom. The maximum atomic E-state index is 12.6. The Labute approximate surface area is 191 Å². The zero-order valence-electron chi connectivity index (χ0n) is 17.2. The summed E-state index contributed by atoms with van der Waals surface area (Å²) in [5, 5.41) is 1.74. The van der Waals surface area contributed by atoms with E-state index >= 15 is 0 Å². The number of hydrogen-bond donors (Lipinski definition) is 2. The third-order valence-corrected chi connectivity index (χ3v) is 6.26. The number of alkyl halides is 3. The van der Waals surface area contributed by atoms with E-state index in [0.29, 0.717) is 5.69 Å². The number of likely N-dealkylation sites (N-methyl/N-ethyl adjacent to an activating group) is 1. The summed E-state index contributed by atoms with van der Waals surface area (Å²) >= 11 is 0. The predicted octanol–water partition coefficient (Wildman–Crippen LogP) is 2.95. The second-order valence-corrected chi connectivity index (χ2v) is 8.95. The van der Waals surface area contributed by atoms with Crippen LogP contribution in [0.15, 0.2) is 53.4 Å². The first-order valence-corrected chi connectivity index (χ1v) is 11.0. The van der Waals surface area contributed by atoms with Crippen molar-refractivity contribution in [2.75, 3.05) is 49.4 Å². The first kappa shape index (κ1) is 25.8. The monoisotopic (exact) mass is 492 g/mol. The van der Waals surface area contributed by atoms with Crippen LogP contribution in [0.2, 0.25) is 0 Å². The van der Waals surface area contributed by atoms with E-state index in [9.17, 15) is 26.4 Å². The highest BCUT2D eigenvalue weighted by molar-refractivity contribution is 7.92. The number of carbonyl (C=O) groups is 1. The minimum Gasteiger partial charge on any atom is -0.369 e. The topological polar surface area (TPSA) is 81.8 Å². The average molecular weight is 493 g/mol. The van der Waals surface area contributed by atoms with Gasteiger partial charge in [-0.15, -0.1) is 12.4 Å². The molecule has 1 saturated heterocycles. The van der Waals surface area contributed by atoms with Crippen LogP contribution in [0.3, 0.4) is 0 Å². The summed E-state index contributed by atoms with van der Waals surface area (Å²) in [5.41, 5.74) is 1.31. The van der Waals surface area contributed by atoms with Crippen molar-refractivity contribution in [1.29, 1.82) is 0 Å². The fraction of sp³-hybridized carbons (Fsp3) is 0.350. The van der Waals surface area contributed by atoms with Crippen LogP contribution in [0.5, 0.6) is 0 Å². The molecule has 0 atom stereocenters. The summed E-state index contributed by atoms with van der Waals surface area (Å²) in [6.45, 7) is 2.24. The zero-order chi connectivity index (χ0) is 22.6. The summed E-state index contributed by atoms with van der Waals surface area (Å²) in [6, 6.07) is 11.7. The second-order valence-electron chi connectivity index (χ2n) is 7.26. The smallest absolute Gasteiger partial charge is 0.369 e. The summed E-state index contributed by atoms with van der Waals surface area (Å²) in [6.07, 6.45) is -4.53. The molecule has 0 saturated carbocycles. The molecule has 0 aromatic heterocycles. The minimum atomic E-state index is -4.53. The Balaban J connectivity index is 0.00000363. The van der Waals surface area contributed by atoms with E-state index in [0.717, 1.165) is 44.0 Å². The van der Waals surface area contributed by atoms with E-state index in [-0.39, 0.29) is 22.9 Å². The van der Waals surface area contributed by atoms with Gasteiger partial charge in [0.1, 0.15) is 6.54 Å². The van der Waals surface area contributed by atoms with Crippen molar-refractivity contribution in [3.63, 3.8) is 0 Å². The van der Waals surface area contributed by atoms with E-state index in [4.69, 9.17) is 0 Å². The number of halogens is 4. The lowest BCUT2D eigenvalue weighted by Crippen LogP contribution is -2.44. The number of carbonyl (C=O) groups excluding carboxylic acids is 1. The highest BCUT2D eigenvalue weighted by atomic mass is 35.5. The molecule has 176 valence electrons. The van der Waals surface area contributed by atoms with Gasteiger partial charge in [0.15, 0.2) is 0 Å². The Hall–Kier alpha value is -2.50. The Morgan fingerprint density at radius 2 is 1.53 bits per heavy atom. The molecule has 1 aliphatic heterocycles. The van der Waals surface area contributed by atoms with Gasteiger partial charge in [-0.2, -0.15) is 13.2 Å². The fourth-order valence-electron chi connectivity index (χ4n) is 3.09. The number of sulfonamides is 1. The van der Waals surface area contributed by atoms with Crippen LogP contribution in [0.4, 0.5) is 24.5 Å². The first-order chi connectivity index (χ1) is 14.5. The second kappa shape index (κ2) is 10.4. The Bertz CT molecular complexity index is 1010. The lowest BCUT2D eigenvalue weighted by Gasteiger charge is -2.34. The van der Waals surface area contributed by atoms with Crippen molar-refractivity contribution in [3.8, 4) is 0 Å². The van der Waals surface area contributed by atoms with E-state index in [2.05, 4.69) is 21.6 Å². The van der Waals surface area contributed by atoms with E-state index in [1.54, 1.807) is 17.4 Å². The summed E-state index contributed by atoms with van der Waals surface area (Å²) in [7, 11) is -1.85. The molecule has 0 unspecified atom stereocenters. The highest BCUT2D eigenvalue weighted by Gasteiger charge is 2.28. The van der Waals surface area contributed by atoms with Crippen molar-refractivity contribution in [2.24, 2.45) is 0 Å². The van der Waals surface area contributed by atoms with Crippen molar-refractivity contribution >= 4 is 39.7 Å². The van der Waals surface area contributed by atoms with Crippen molar-refractivity contribution in [3.05, 3.63) is 54.1 Å². The van der Waals surface area contributed by atoms with Gasteiger partial charge in [-0.25, -0.2) is 8.42 Å². The standard InChI is InChI=1S/C20H23F3N4O3S.ClH/c1-26-10-12-27(13-11-26)17-6-4-16(5-7-17)25-31(29,30)18-8-2-15(3-9-18)19(28)24-14-20(21,22)23;/h2-9,25H,10-14H2,1H3,(H,24,28);1H.